The Labute approximate surface area is 251 Å². The molecule has 2 aliphatic heterocycles. The van der Waals surface area contributed by atoms with Gasteiger partial charge in [-0.2, -0.15) is 0 Å². The minimum absolute atomic E-state index is 0.0177. The number of ketones is 1. The maximum absolute atomic E-state index is 13.2. The first-order chi connectivity index (χ1) is 21.0. The van der Waals surface area contributed by atoms with Gasteiger partial charge in [0.05, 0.1) is 30.4 Å². The van der Waals surface area contributed by atoms with E-state index in [1.165, 1.54) is 6.26 Å². The van der Waals surface area contributed by atoms with E-state index in [0.29, 0.717) is 54.7 Å². The molecule has 226 valence electrons. The quantitative estimate of drug-likeness (QED) is 0.241. The summed E-state index contributed by atoms with van der Waals surface area (Å²) in [4.78, 5) is 53.4. The van der Waals surface area contributed by atoms with Crippen LogP contribution < -0.4 is 19.9 Å². The predicted molar refractivity (Wildman–Crippen MR) is 162 cm³/mol. The summed E-state index contributed by atoms with van der Waals surface area (Å²) in [5.74, 6) is 1.35. The zero-order valence-corrected chi connectivity index (χ0v) is 24.6. The van der Waals surface area contributed by atoms with Gasteiger partial charge < -0.3 is 29.2 Å². The SMILES string of the molecule is COc1ccc(N2CCN(c3ccc(C(=O)CCCCN4CCCC4=O)cc3NC(=O)c3coc(C4CC4)n3)CC2)cn1. The molecule has 0 atom stereocenters. The standard InChI is InChI=1S/C32H38N6O5/c1-42-29-12-10-24(20-33-29)36-15-17-37(18-16-36)27-11-9-23(28(39)5-2-3-13-38-14-4-6-30(38)40)19-25(27)34-31(41)26-21-43-32(35-26)22-7-8-22/h9-12,19-22H,2-8,13-18H2,1H3,(H,34,41). The van der Waals surface area contributed by atoms with Crippen molar-refractivity contribution in [2.75, 3.05) is 61.5 Å². The molecule has 4 heterocycles. The molecular weight excluding hydrogens is 548 g/mol. The summed E-state index contributed by atoms with van der Waals surface area (Å²) in [7, 11) is 1.60. The summed E-state index contributed by atoms with van der Waals surface area (Å²) in [6.45, 7) is 4.52. The Morgan fingerprint density at radius 1 is 1.05 bits per heavy atom. The average molecular weight is 587 g/mol. The molecule has 1 saturated carbocycles. The van der Waals surface area contributed by atoms with E-state index in [9.17, 15) is 14.4 Å². The minimum Gasteiger partial charge on any atom is -0.481 e. The number of carbonyl (C=O) groups is 3. The molecule has 3 aromatic rings. The summed E-state index contributed by atoms with van der Waals surface area (Å²) >= 11 is 0. The number of Topliss-reactive ketones (excluding diaryl/α,β-unsaturated/α-hetero) is 1. The van der Waals surface area contributed by atoms with E-state index in [0.717, 1.165) is 69.8 Å². The number of likely N-dealkylation sites (tertiary alicyclic amines) is 1. The van der Waals surface area contributed by atoms with Gasteiger partial charge in [0.25, 0.3) is 5.91 Å². The normalized spacial score (nSPS) is 17.0. The third-order valence-corrected chi connectivity index (χ3v) is 8.42. The summed E-state index contributed by atoms with van der Waals surface area (Å²) < 4.78 is 10.7. The highest BCUT2D eigenvalue weighted by atomic mass is 16.5. The summed E-state index contributed by atoms with van der Waals surface area (Å²) in [5, 5.41) is 3.02. The number of pyridine rings is 1. The Hall–Kier alpha value is -4.41. The minimum atomic E-state index is -0.361. The first kappa shape index (κ1) is 28.7. The first-order valence-corrected chi connectivity index (χ1v) is 15.2. The second kappa shape index (κ2) is 12.8. The lowest BCUT2D eigenvalue weighted by Crippen LogP contribution is -2.46. The van der Waals surface area contributed by atoms with Crippen molar-refractivity contribution in [2.45, 2.75) is 50.9 Å². The number of rotatable bonds is 12. The highest BCUT2D eigenvalue weighted by Gasteiger charge is 2.30. The highest BCUT2D eigenvalue weighted by molar-refractivity contribution is 6.06. The zero-order valence-electron chi connectivity index (χ0n) is 24.6. The van der Waals surface area contributed by atoms with Crippen LogP contribution in [0.2, 0.25) is 0 Å². The molecule has 2 amide bonds. The number of aromatic nitrogens is 2. The first-order valence-electron chi connectivity index (χ1n) is 15.2. The average Bonchev–Trinajstić information content (AvgIpc) is 3.62. The Morgan fingerprint density at radius 3 is 2.56 bits per heavy atom. The fourth-order valence-electron chi connectivity index (χ4n) is 5.74. The molecule has 6 rings (SSSR count). The molecule has 43 heavy (non-hydrogen) atoms. The number of nitrogens with zero attached hydrogens (tertiary/aromatic N) is 5. The van der Waals surface area contributed by atoms with Crippen molar-refractivity contribution in [1.29, 1.82) is 0 Å². The lowest BCUT2D eigenvalue weighted by atomic mass is 10.0. The molecule has 1 aliphatic carbocycles. The van der Waals surface area contributed by atoms with Gasteiger partial charge in [0.2, 0.25) is 11.8 Å². The maximum Gasteiger partial charge on any atom is 0.277 e. The highest BCUT2D eigenvalue weighted by Crippen LogP contribution is 2.39. The molecular formula is C32H38N6O5. The van der Waals surface area contributed by atoms with Crippen molar-refractivity contribution < 1.29 is 23.5 Å². The molecule has 0 bridgehead atoms. The van der Waals surface area contributed by atoms with Crippen LogP contribution in [-0.2, 0) is 4.79 Å². The third-order valence-electron chi connectivity index (χ3n) is 8.42. The maximum atomic E-state index is 13.2. The molecule has 1 aromatic carbocycles. The molecule has 11 nitrogen and oxygen atoms in total. The van der Waals surface area contributed by atoms with Crippen LogP contribution in [0.25, 0.3) is 0 Å². The number of ether oxygens (including phenoxy) is 1. The molecule has 0 spiro atoms. The van der Waals surface area contributed by atoms with Gasteiger partial charge in [-0.3, -0.25) is 14.4 Å². The number of hydrogen-bond acceptors (Lipinski definition) is 9. The summed E-state index contributed by atoms with van der Waals surface area (Å²) in [6.07, 6.45) is 8.72. The lowest BCUT2D eigenvalue weighted by Gasteiger charge is -2.38. The molecule has 1 N–H and O–H groups in total. The van der Waals surface area contributed by atoms with Gasteiger partial charge in [0, 0.05) is 69.7 Å². The fourth-order valence-corrected chi connectivity index (χ4v) is 5.74. The van der Waals surface area contributed by atoms with Crippen molar-refractivity contribution in [2.24, 2.45) is 0 Å². The smallest absolute Gasteiger partial charge is 0.277 e. The van der Waals surface area contributed by atoms with Crippen molar-refractivity contribution in [3.05, 3.63) is 59.9 Å². The van der Waals surface area contributed by atoms with Gasteiger partial charge in [0.15, 0.2) is 17.4 Å². The van der Waals surface area contributed by atoms with Crippen LogP contribution in [0.15, 0.2) is 47.2 Å². The molecule has 3 aliphatic rings. The van der Waals surface area contributed by atoms with E-state index in [1.807, 2.05) is 35.4 Å². The van der Waals surface area contributed by atoms with Gasteiger partial charge in [-0.1, -0.05) is 0 Å². The van der Waals surface area contributed by atoms with Crippen LogP contribution in [0.1, 0.15) is 77.6 Å². The molecule has 0 unspecified atom stereocenters. The Balaban J connectivity index is 1.14. The van der Waals surface area contributed by atoms with Crippen LogP contribution in [0.5, 0.6) is 5.88 Å². The lowest BCUT2D eigenvalue weighted by molar-refractivity contribution is -0.127. The monoisotopic (exact) mass is 586 g/mol. The number of hydrogen-bond donors (Lipinski definition) is 1. The van der Waals surface area contributed by atoms with E-state index < -0.39 is 0 Å². The topological polar surface area (TPSA) is 121 Å². The van der Waals surface area contributed by atoms with Crippen LogP contribution in [-0.4, -0.2) is 78.8 Å². The number of anilines is 3. The molecule has 0 radical (unpaired) electrons. The number of amides is 2. The number of unbranched alkanes of at least 4 members (excludes halogenated alkanes) is 1. The van der Waals surface area contributed by atoms with Gasteiger partial charge in [-0.25, -0.2) is 9.97 Å². The zero-order chi connectivity index (χ0) is 29.8. The van der Waals surface area contributed by atoms with E-state index >= 15 is 0 Å². The van der Waals surface area contributed by atoms with Gasteiger partial charge in [0.1, 0.15) is 6.26 Å². The number of carbonyl (C=O) groups excluding carboxylic acids is 3. The number of piperazine rings is 1. The summed E-state index contributed by atoms with van der Waals surface area (Å²) in [5.41, 5.74) is 3.25. The van der Waals surface area contributed by atoms with Crippen molar-refractivity contribution in [3.63, 3.8) is 0 Å². The Kier molecular flexibility index (Phi) is 8.57. The van der Waals surface area contributed by atoms with Crippen LogP contribution in [0.3, 0.4) is 0 Å². The number of benzene rings is 1. The van der Waals surface area contributed by atoms with Crippen molar-refractivity contribution >= 4 is 34.7 Å². The second-order valence-corrected chi connectivity index (χ2v) is 11.4. The third kappa shape index (κ3) is 6.81. The van der Waals surface area contributed by atoms with Crippen LogP contribution in [0, 0.1) is 0 Å². The molecule has 2 aromatic heterocycles. The molecule has 11 heteroatoms. The van der Waals surface area contributed by atoms with Crippen molar-refractivity contribution in [1.82, 2.24) is 14.9 Å². The summed E-state index contributed by atoms with van der Waals surface area (Å²) in [6, 6.07) is 9.41. The number of oxazole rings is 1. The number of nitrogens with one attached hydrogen (secondary N) is 1. The van der Waals surface area contributed by atoms with Crippen LogP contribution in [0.4, 0.5) is 17.1 Å². The van der Waals surface area contributed by atoms with Crippen LogP contribution >= 0.6 is 0 Å². The Morgan fingerprint density at radius 2 is 1.86 bits per heavy atom. The largest absolute Gasteiger partial charge is 0.481 e. The predicted octanol–water partition coefficient (Wildman–Crippen LogP) is 4.51. The Bertz CT molecular complexity index is 1460. The van der Waals surface area contributed by atoms with Gasteiger partial charge >= 0.3 is 0 Å². The fraction of sp³-hybridized carbons (Fsp3) is 0.469. The molecule has 2 saturated heterocycles. The van der Waals surface area contributed by atoms with E-state index in [-0.39, 0.29) is 23.3 Å². The number of methoxy groups -OCH3 is 1. The van der Waals surface area contributed by atoms with E-state index in [1.54, 1.807) is 13.2 Å². The second-order valence-electron chi connectivity index (χ2n) is 11.4. The van der Waals surface area contributed by atoms with Crippen molar-refractivity contribution in [3.8, 4) is 5.88 Å². The van der Waals surface area contributed by atoms with Gasteiger partial charge in [-0.05, 0) is 56.4 Å². The van der Waals surface area contributed by atoms with E-state index in [4.69, 9.17) is 9.15 Å². The van der Waals surface area contributed by atoms with Gasteiger partial charge in [-0.15, -0.1) is 0 Å². The van der Waals surface area contributed by atoms with E-state index in [2.05, 4.69) is 25.1 Å². The molecule has 3 fully saturated rings.